The van der Waals surface area contributed by atoms with Crippen molar-refractivity contribution in [3.05, 3.63) is 61.2 Å². The summed E-state index contributed by atoms with van der Waals surface area (Å²) >= 11 is 14.6. The molecule has 0 unspecified atom stereocenters. The third-order valence-corrected chi connectivity index (χ3v) is 6.64. The average Bonchev–Trinajstić information content (AvgIpc) is 3.18. The van der Waals surface area contributed by atoms with Gasteiger partial charge in [0.25, 0.3) is 0 Å². The largest absolute Gasteiger partial charge is 0.324 e. The number of rotatable bonds is 5. The minimum absolute atomic E-state index is 0.0147. The van der Waals surface area contributed by atoms with Crippen LogP contribution >= 0.6 is 46.3 Å². The maximum Gasteiger partial charge on any atom is 0.234 e. The van der Waals surface area contributed by atoms with Gasteiger partial charge in [-0.3, -0.25) is 9.59 Å². The number of amides is 2. The van der Waals surface area contributed by atoms with Gasteiger partial charge in [-0.25, -0.2) is 0 Å². The molecule has 1 aliphatic heterocycles. The van der Waals surface area contributed by atoms with Crippen LogP contribution in [0.4, 0.5) is 5.69 Å². The fourth-order valence-electron chi connectivity index (χ4n) is 2.59. The van der Waals surface area contributed by atoms with Crippen molar-refractivity contribution in [3.63, 3.8) is 0 Å². The fraction of sp³-hybridized carbons (Fsp3) is 0.167. The Balaban J connectivity index is 1.73. The number of thioether (sulfide) groups is 1. The number of halogens is 2. The zero-order valence-electron chi connectivity index (χ0n) is 13.8. The van der Waals surface area contributed by atoms with Gasteiger partial charge in [0.1, 0.15) is 0 Å². The topological polar surface area (TPSA) is 82.0 Å². The Bertz CT molecular complexity index is 952. The highest BCUT2D eigenvalue weighted by Gasteiger charge is 2.30. The second-order valence-corrected chi connectivity index (χ2v) is 8.36. The molecule has 0 fully saturated rings. The average molecular weight is 438 g/mol. The van der Waals surface area contributed by atoms with E-state index in [4.69, 9.17) is 23.2 Å². The summed E-state index contributed by atoms with van der Waals surface area (Å²) in [5.74, 6) is -0.757. The van der Waals surface area contributed by atoms with Gasteiger partial charge in [0.05, 0.1) is 38.2 Å². The van der Waals surface area contributed by atoms with Crippen LogP contribution in [0.1, 0.15) is 17.2 Å². The molecule has 138 valence electrons. The van der Waals surface area contributed by atoms with Gasteiger partial charge in [0.15, 0.2) is 0 Å². The van der Waals surface area contributed by atoms with Crippen LogP contribution in [-0.2, 0) is 9.59 Å². The second kappa shape index (κ2) is 8.81. The van der Waals surface area contributed by atoms with Gasteiger partial charge in [-0.05, 0) is 23.6 Å². The Labute approximate surface area is 174 Å². The van der Waals surface area contributed by atoms with E-state index in [9.17, 15) is 14.9 Å². The van der Waals surface area contributed by atoms with Crippen LogP contribution in [0.2, 0.25) is 10.0 Å². The number of benzene rings is 1. The molecular weight excluding hydrogens is 425 g/mol. The number of anilines is 1. The summed E-state index contributed by atoms with van der Waals surface area (Å²) in [5, 5.41) is 17.9. The van der Waals surface area contributed by atoms with E-state index in [0.717, 1.165) is 16.6 Å². The molecule has 5 nitrogen and oxygen atoms in total. The van der Waals surface area contributed by atoms with Crippen LogP contribution in [0.25, 0.3) is 0 Å². The van der Waals surface area contributed by atoms with Crippen LogP contribution in [-0.4, -0.2) is 17.6 Å². The molecule has 0 aliphatic carbocycles. The number of carbonyl (C=O) groups excluding carboxylic acids is 2. The summed E-state index contributed by atoms with van der Waals surface area (Å²) in [5.41, 5.74) is 0.879. The van der Waals surface area contributed by atoms with Crippen molar-refractivity contribution in [1.82, 2.24) is 5.32 Å². The lowest BCUT2D eigenvalue weighted by atomic mass is 9.93. The van der Waals surface area contributed by atoms with Crippen molar-refractivity contribution >= 4 is 63.8 Å². The summed E-state index contributed by atoms with van der Waals surface area (Å²) in [7, 11) is 0. The molecule has 1 aliphatic rings. The zero-order chi connectivity index (χ0) is 19.4. The summed E-state index contributed by atoms with van der Waals surface area (Å²) in [4.78, 5) is 25.3. The predicted octanol–water partition coefficient (Wildman–Crippen LogP) is 4.77. The van der Waals surface area contributed by atoms with Crippen LogP contribution < -0.4 is 10.6 Å². The first kappa shape index (κ1) is 19.8. The Morgan fingerprint density at radius 3 is 2.89 bits per heavy atom. The van der Waals surface area contributed by atoms with Crippen LogP contribution in [0.3, 0.4) is 0 Å². The molecule has 2 N–H and O–H groups in total. The number of carbonyl (C=O) groups is 2. The van der Waals surface area contributed by atoms with Gasteiger partial charge < -0.3 is 10.6 Å². The van der Waals surface area contributed by atoms with Crippen LogP contribution in [0, 0.1) is 11.3 Å². The summed E-state index contributed by atoms with van der Waals surface area (Å²) in [6, 6.07) is 10.9. The van der Waals surface area contributed by atoms with Crippen molar-refractivity contribution in [1.29, 1.82) is 5.26 Å². The number of nitrogens with zero attached hydrogens (tertiary/aromatic N) is 1. The first-order chi connectivity index (χ1) is 13.0. The van der Waals surface area contributed by atoms with Gasteiger partial charge in [-0.2, -0.15) is 5.26 Å². The van der Waals surface area contributed by atoms with Gasteiger partial charge in [-0.1, -0.05) is 47.1 Å². The number of thiophene rings is 1. The van der Waals surface area contributed by atoms with E-state index in [2.05, 4.69) is 16.7 Å². The fourth-order valence-corrected chi connectivity index (χ4v) is 4.65. The van der Waals surface area contributed by atoms with Gasteiger partial charge in [0.2, 0.25) is 11.8 Å². The number of hydrogen-bond donors (Lipinski definition) is 2. The second-order valence-electron chi connectivity index (χ2n) is 5.61. The zero-order valence-corrected chi connectivity index (χ0v) is 16.9. The molecule has 2 heterocycles. The molecule has 0 spiro atoms. The lowest BCUT2D eigenvalue weighted by Crippen LogP contribution is -2.31. The molecule has 27 heavy (non-hydrogen) atoms. The molecule has 0 saturated carbocycles. The number of nitrogens with one attached hydrogen (secondary N) is 2. The molecule has 3 rings (SSSR count). The predicted molar refractivity (Wildman–Crippen MR) is 110 cm³/mol. The smallest absolute Gasteiger partial charge is 0.234 e. The van der Waals surface area contributed by atoms with Crippen molar-refractivity contribution in [3.8, 4) is 6.07 Å². The normalized spacial score (nSPS) is 16.6. The van der Waals surface area contributed by atoms with Gasteiger partial charge in [0, 0.05) is 17.2 Å². The van der Waals surface area contributed by atoms with Gasteiger partial charge in [-0.15, -0.1) is 11.3 Å². The summed E-state index contributed by atoms with van der Waals surface area (Å²) < 4.78 is 0. The number of hydrogen-bond acceptors (Lipinski definition) is 5. The molecule has 2 amide bonds. The number of allylic oxidation sites excluding steroid dienone is 1. The molecule has 1 atom stereocenters. The minimum atomic E-state index is -0.318. The van der Waals surface area contributed by atoms with E-state index in [1.165, 1.54) is 11.3 Å². The lowest BCUT2D eigenvalue weighted by Gasteiger charge is -2.23. The third kappa shape index (κ3) is 4.66. The highest BCUT2D eigenvalue weighted by Crippen LogP contribution is 2.38. The first-order valence-electron chi connectivity index (χ1n) is 7.83. The minimum Gasteiger partial charge on any atom is -0.324 e. The van der Waals surface area contributed by atoms with Crippen molar-refractivity contribution in [2.45, 2.75) is 12.3 Å². The Hall–Kier alpha value is -1.98. The lowest BCUT2D eigenvalue weighted by molar-refractivity contribution is -0.121. The summed E-state index contributed by atoms with van der Waals surface area (Å²) in [6.07, 6.45) is 0.220. The molecule has 0 bridgehead atoms. The van der Waals surface area contributed by atoms with E-state index in [1.54, 1.807) is 18.2 Å². The van der Waals surface area contributed by atoms with Crippen LogP contribution in [0.15, 0.2) is 46.3 Å². The van der Waals surface area contributed by atoms with E-state index in [1.807, 2.05) is 17.5 Å². The molecule has 1 aromatic carbocycles. The SMILES string of the molecule is N#CC1=C(SCC(=O)Nc2cccc(Cl)c2Cl)NC(=O)C[C@@H]1c1cccs1. The summed E-state index contributed by atoms with van der Waals surface area (Å²) in [6.45, 7) is 0. The number of nitriles is 1. The van der Waals surface area contributed by atoms with Crippen molar-refractivity contribution in [2.75, 3.05) is 11.1 Å². The molecular formula is C18H13Cl2N3O2S2. The highest BCUT2D eigenvalue weighted by atomic mass is 35.5. The standard InChI is InChI=1S/C18H13Cl2N3O2S2/c19-12-3-1-4-13(17(12)20)22-16(25)9-27-18-11(8-21)10(7-15(24)23-18)14-5-2-6-26-14/h1-6,10H,7,9H2,(H,22,25)(H,23,24)/t10-/m0/s1. The van der Waals surface area contributed by atoms with Crippen molar-refractivity contribution < 1.29 is 9.59 Å². The molecule has 1 aromatic heterocycles. The maximum absolute atomic E-state index is 12.3. The first-order valence-corrected chi connectivity index (χ1v) is 10.5. The van der Waals surface area contributed by atoms with E-state index in [0.29, 0.717) is 21.3 Å². The third-order valence-electron chi connectivity index (χ3n) is 3.82. The Morgan fingerprint density at radius 1 is 1.37 bits per heavy atom. The van der Waals surface area contributed by atoms with Crippen LogP contribution in [0.5, 0.6) is 0 Å². The molecule has 0 saturated heterocycles. The van der Waals surface area contributed by atoms with E-state index < -0.39 is 0 Å². The maximum atomic E-state index is 12.3. The molecule has 0 radical (unpaired) electrons. The molecule has 9 heteroatoms. The quantitative estimate of drug-likeness (QED) is 0.705. The highest BCUT2D eigenvalue weighted by molar-refractivity contribution is 8.03. The van der Waals surface area contributed by atoms with Gasteiger partial charge >= 0.3 is 0 Å². The molecule has 2 aromatic rings. The Kier molecular flexibility index (Phi) is 6.45. The van der Waals surface area contributed by atoms with Crippen molar-refractivity contribution in [2.24, 2.45) is 0 Å². The van der Waals surface area contributed by atoms with E-state index >= 15 is 0 Å². The monoisotopic (exact) mass is 437 g/mol. The van der Waals surface area contributed by atoms with E-state index in [-0.39, 0.29) is 34.9 Å². The Morgan fingerprint density at radius 2 is 2.19 bits per heavy atom.